The monoisotopic (exact) mass is 439 g/mol. The maximum absolute atomic E-state index is 6.95. The van der Waals surface area contributed by atoms with Crippen molar-refractivity contribution in [2.24, 2.45) is 0 Å². The van der Waals surface area contributed by atoms with E-state index in [-0.39, 0.29) is 11.8 Å². The molecule has 1 nitrogen and oxygen atoms in total. The Hall–Kier alpha value is -4.10. The summed E-state index contributed by atoms with van der Waals surface area (Å²) in [5.74, 6) is 0.215. The van der Waals surface area contributed by atoms with Crippen LogP contribution in [0.4, 0.5) is 5.69 Å². The maximum Gasteiger partial charge on any atom is 0.0389 e. The van der Waals surface area contributed by atoms with Crippen LogP contribution in [-0.2, 0) is 0 Å². The molecule has 0 aliphatic carbocycles. The van der Waals surface area contributed by atoms with Crippen molar-refractivity contribution in [3.8, 4) is 0 Å². The first-order chi connectivity index (χ1) is 16.7. The van der Waals surface area contributed by atoms with E-state index in [9.17, 15) is 0 Å². The summed E-state index contributed by atoms with van der Waals surface area (Å²) in [6.07, 6.45) is 0. The lowest BCUT2D eigenvalue weighted by Crippen LogP contribution is -2.12. The minimum absolute atomic E-state index is 0.0852. The van der Waals surface area contributed by atoms with Crippen molar-refractivity contribution in [2.45, 2.75) is 18.8 Å². The van der Waals surface area contributed by atoms with E-state index in [1.54, 1.807) is 0 Å². The Morgan fingerprint density at radius 3 is 1.06 bits per heavy atom. The minimum Gasteiger partial charge on any atom is -0.398 e. The van der Waals surface area contributed by atoms with Crippen LogP contribution in [-0.4, -0.2) is 0 Å². The number of nitrogen functional groups attached to an aromatic ring is 1. The van der Waals surface area contributed by atoms with Gasteiger partial charge >= 0.3 is 0 Å². The third-order valence-corrected chi connectivity index (χ3v) is 6.74. The minimum atomic E-state index is 0.0852. The van der Waals surface area contributed by atoms with Gasteiger partial charge in [0.15, 0.2) is 0 Å². The lowest BCUT2D eigenvalue weighted by Gasteiger charge is -2.26. The van der Waals surface area contributed by atoms with E-state index < -0.39 is 0 Å². The Labute approximate surface area is 202 Å². The van der Waals surface area contributed by atoms with Crippen molar-refractivity contribution in [3.63, 3.8) is 0 Å². The molecule has 0 fully saturated rings. The third-order valence-electron chi connectivity index (χ3n) is 6.74. The second-order valence-electron chi connectivity index (χ2n) is 8.79. The molecule has 0 unspecified atom stereocenters. The van der Waals surface area contributed by atoms with Crippen LogP contribution < -0.4 is 5.73 Å². The van der Waals surface area contributed by atoms with Crippen molar-refractivity contribution in [1.29, 1.82) is 0 Å². The molecule has 0 saturated heterocycles. The zero-order valence-corrected chi connectivity index (χ0v) is 19.4. The van der Waals surface area contributed by atoms with E-state index in [0.717, 1.165) is 16.8 Å². The molecule has 0 amide bonds. The third kappa shape index (κ3) is 4.25. The Balaban J connectivity index is 1.67. The van der Waals surface area contributed by atoms with Crippen molar-refractivity contribution in [2.75, 3.05) is 5.73 Å². The largest absolute Gasteiger partial charge is 0.398 e. The van der Waals surface area contributed by atoms with Crippen molar-refractivity contribution >= 4 is 5.69 Å². The number of hydrogen-bond donors (Lipinski definition) is 1. The molecule has 0 aliphatic rings. The normalized spacial score (nSPS) is 11.1. The van der Waals surface area contributed by atoms with Gasteiger partial charge < -0.3 is 5.73 Å². The number of benzene rings is 5. The number of rotatable bonds is 6. The molecule has 5 aromatic carbocycles. The number of anilines is 1. The molecule has 0 heterocycles. The van der Waals surface area contributed by atoms with Gasteiger partial charge in [0.05, 0.1) is 0 Å². The average molecular weight is 440 g/mol. The van der Waals surface area contributed by atoms with Gasteiger partial charge in [-0.25, -0.2) is 0 Å². The molecule has 0 aromatic heterocycles. The van der Waals surface area contributed by atoms with Gasteiger partial charge in [0, 0.05) is 17.5 Å². The van der Waals surface area contributed by atoms with E-state index in [2.05, 4.69) is 140 Å². The fourth-order valence-corrected chi connectivity index (χ4v) is 5.02. The lowest BCUT2D eigenvalue weighted by molar-refractivity contribution is 0.941. The van der Waals surface area contributed by atoms with Crippen molar-refractivity contribution in [3.05, 3.63) is 172 Å². The lowest BCUT2D eigenvalue weighted by atomic mass is 9.79. The second kappa shape index (κ2) is 9.80. The van der Waals surface area contributed by atoms with E-state index >= 15 is 0 Å². The molecular weight excluding hydrogens is 410 g/mol. The van der Waals surface area contributed by atoms with E-state index in [1.165, 1.54) is 27.8 Å². The molecule has 5 aromatic rings. The summed E-state index contributed by atoms with van der Waals surface area (Å²) in [6, 6.07) is 47.2. The summed E-state index contributed by atoms with van der Waals surface area (Å²) >= 11 is 0. The van der Waals surface area contributed by atoms with E-state index in [1.807, 2.05) is 0 Å². The SMILES string of the molecule is Cc1c(C(c2ccccc2)c2ccccc2)ccc(C(c2ccccc2)c2ccccc2)c1N. The summed E-state index contributed by atoms with van der Waals surface area (Å²) in [5, 5.41) is 0. The fourth-order valence-electron chi connectivity index (χ4n) is 5.02. The summed E-state index contributed by atoms with van der Waals surface area (Å²) in [7, 11) is 0. The molecule has 0 bridgehead atoms. The molecule has 2 N–H and O–H groups in total. The van der Waals surface area contributed by atoms with Gasteiger partial charge in [-0.2, -0.15) is 0 Å². The highest BCUT2D eigenvalue weighted by Crippen LogP contribution is 2.41. The highest BCUT2D eigenvalue weighted by atomic mass is 14.6. The summed E-state index contributed by atoms with van der Waals surface area (Å²) in [6.45, 7) is 2.17. The highest BCUT2D eigenvalue weighted by Gasteiger charge is 2.24. The molecule has 0 aliphatic heterocycles. The van der Waals surface area contributed by atoms with Crippen LogP contribution in [0.2, 0.25) is 0 Å². The van der Waals surface area contributed by atoms with E-state index in [0.29, 0.717) is 0 Å². The summed E-state index contributed by atoms with van der Waals surface area (Å²) in [5.41, 5.74) is 16.4. The zero-order chi connectivity index (χ0) is 23.3. The molecule has 166 valence electrons. The molecule has 0 spiro atoms. The molecule has 5 rings (SSSR count). The van der Waals surface area contributed by atoms with E-state index in [4.69, 9.17) is 5.73 Å². The van der Waals surface area contributed by atoms with Crippen LogP contribution >= 0.6 is 0 Å². The zero-order valence-electron chi connectivity index (χ0n) is 19.4. The summed E-state index contributed by atoms with van der Waals surface area (Å²) < 4.78 is 0. The van der Waals surface area contributed by atoms with Gasteiger partial charge in [0.1, 0.15) is 0 Å². The smallest absolute Gasteiger partial charge is 0.0389 e. The Bertz CT molecular complexity index is 1160. The second-order valence-corrected chi connectivity index (χ2v) is 8.79. The van der Waals surface area contributed by atoms with Crippen LogP contribution in [0.25, 0.3) is 0 Å². The maximum atomic E-state index is 6.95. The molecule has 0 saturated carbocycles. The Morgan fingerprint density at radius 1 is 0.412 bits per heavy atom. The topological polar surface area (TPSA) is 26.0 Å². The standard InChI is InChI=1S/C33H29N/c1-24-29(31(25-14-6-2-7-15-25)26-16-8-3-9-17-26)22-23-30(33(24)34)32(27-18-10-4-11-19-27)28-20-12-5-13-21-28/h2-23,31-32H,34H2,1H3. The first-order valence-electron chi connectivity index (χ1n) is 11.8. The van der Waals surface area contributed by atoms with Gasteiger partial charge in [-0.15, -0.1) is 0 Å². The predicted molar refractivity (Wildman–Crippen MR) is 143 cm³/mol. The van der Waals surface area contributed by atoms with Crippen LogP contribution in [0.3, 0.4) is 0 Å². The summed E-state index contributed by atoms with van der Waals surface area (Å²) in [4.78, 5) is 0. The number of nitrogens with two attached hydrogens (primary N) is 1. The molecule has 0 atom stereocenters. The molecule has 1 heteroatoms. The van der Waals surface area contributed by atoms with Crippen LogP contribution in [0.1, 0.15) is 50.8 Å². The Morgan fingerprint density at radius 2 is 0.706 bits per heavy atom. The first-order valence-corrected chi connectivity index (χ1v) is 11.8. The van der Waals surface area contributed by atoms with Gasteiger partial charge in [-0.1, -0.05) is 133 Å². The number of hydrogen-bond acceptors (Lipinski definition) is 1. The quantitative estimate of drug-likeness (QED) is 0.211. The van der Waals surface area contributed by atoms with Gasteiger partial charge in [0.25, 0.3) is 0 Å². The molecule has 0 radical (unpaired) electrons. The van der Waals surface area contributed by atoms with Gasteiger partial charge in [-0.05, 0) is 45.9 Å². The predicted octanol–water partition coefficient (Wildman–Crippen LogP) is 7.94. The van der Waals surface area contributed by atoms with Crippen molar-refractivity contribution in [1.82, 2.24) is 0 Å². The van der Waals surface area contributed by atoms with Gasteiger partial charge in [0.2, 0.25) is 0 Å². The van der Waals surface area contributed by atoms with Crippen LogP contribution in [0.5, 0.6) is 0 Å². The van der Waals surface area contributed by atoms with Crippen LogP contribution in [0.15, 0.2) is 133 Å². The van der Waals surface area contributed by atoms with Gasteiger partial charge in [-0.3, -0.25) is 0 Å². The fraction of sp³-hybridized carbons (Fsp3) is 0.0909. The average Bonchev–Trinajstić information content (AvgIpc) is 2.91. The Kier molecular flexibility index (Phi) is 6.27. The molecular formula is C33H29N. The van der Waals surface area contributed by atoms with Crippen LogP contribution in [0, 0.1) is 6.92 Å². The first kappa shape index (κ1) is 21.7. The highest BCUT2D eigenvalue weighted by molar-refractivity contribution is 5.64. The molecule has 34 heavy (non-hydrogen) atoms. The van der Waals surface area contributed by atoms with Crippen molar-refractivity contribution < 1.29 is 0 Å².